The molecule has 2 heteroatoms. The molecule has 0 saturated heterocycles. The molecule has 0 saturated carbocycles. The van der Waals surface area contributed by atoms with Gasteiger partial charge < -0.3 is 0 Å². The van der Waals surface area contributed by atoms with Crippen LogP contribution < -0.4 is 5.19 Å². The van der Waals surface area contributed by atoms with Gasteiger partial charge in [0.1, 0.15) is 0 Å². The van der Waals surface area contributed by atoms with Gasteiger partial charge in [-0.25, -0.2) is 0 Å². The standard InChI is InChI=1S/C15H18SSi/c1-17(2,3)15-8-4-6-13(12-15)9-10-14-7-5-11-16-14/h4-12H,1-3H3/b10-9+. The van der Waals surface area contributed by atoms with Gasteiger partial charge in [0.2, 0.25) is 0 Å². The molecule has 88 valence electrons. The van der Waals surface area contributed by atoms with Crippen molar-refractivity contribution in [1.29, 1.82) is 0 Å². The summed E-state index contributed by atoms with van der Waals surface area (Å²) in [5.74, 6) is 0. The molecule has 0 aliphatic carbocycles. The zero-order valence-electron chi connectivity index (χ0n) is 10.6. The lowest BCUT2D eigenvalue weighted by atomic mass is 10.2. The molecule has 1 aromatic heterocycles. The van der Waals surface area contributed by atoms with Gasteiger partial charge in [-0.3, -0.25) is 0 Å². The van der Waals surface area contributed by atoms with Crippen molar-refractivity contribution in [2.24, 2.45) is 0 Å². The minimum absolute atomic E-state index is 1.19. The van der Waals surface area contributed by atoms with Gasteiger partial charge in [0.15, 0.2) is 0 Å². The minimum Gasteiger partial charge on any atom is -0.144 e. The average Bonchev–Trinajstić information content (AvgIpc) is 2.78. The van der Waals surface area contributed by atoms with Crippen LogP contribution in [0.1, 0.15) is 10.4 Å². The van der Waals surface area contributed by atoms with Gasteiger partial charge >= 0.3 is 0 Å². The molecule has 0 atom stereocenters. The second-order valence-electron chi connectivity index (χ2n) is 5.22. The predicted molar refractivity (Wildman–Crippen MR) is 82.7 cm³/mol. The van der Waals surface area contributed by atoms with Crippen molar-refractivity contribution in [2.45, 2.75) is 19.6 Å². The first-order valence-corrected chi connectivity index (χ1v) is 10.3. The molecular weight excluding hydrogens is 240 g/mol. The van der Waals surface area contributed by atoms with Gasteiger partial charge in [0, 0.05) is 4.88 Å². The highest BCUT2D eigenvalue weighted by Crippen LogP contribution is 2.13. The smallest absolute Gasteiger partial charge is 0.0776 e. The summed E-state index contributed by atoms with van der Waals surface area (Å²) in [5, 5.41) is 3.63. The zero-order valence-corrected chi connectivity index (χ0v) is 12.4. The Morgan fingerprint density at radius 2 is 1.82 bits per heavy atom. The molecule has 0 spiro atoms. The summed E-state index contributed by atoms with van der Waals surface area (Å²) in [7, 11) is -1.19. The van der Waals surface area contributed by atoms with Crippen molar-refractivity contribution in [2.75, 3.05) is 0 Å². The van der Waals surface area contributed by atoms with E-state index in [1.807, 2.05) is 0 Å². The van der Waals surface area contributed by atoms with Crippen molar-refractivity contribution in [3.05, 3.63) is 52.2 Å². The van der Waals surface area contributed by atoms with Crippen molar-refractivity contribution in [1.82, 2.24) is 0 Å². The summed E-state index contributed by atoms with van der Waals surface area (Å²) < 4.78 is 0. The monoisotopic (exact) mass is 258 g/mol. The largest absolute Gasteiger partial charge is 0.144 e. The molecular formula is C15H18SSi. The number of rotatable bonds is 3. The Balaban J connectivity index is 2.23. The van der Waals surface area contributed by atoms with E-state index in [1.54, 1.807) is 11.3 Å². The van der Waals surface area contributed by atoms with Crippen LogP contribution in [0.15, 0.2) is 41.8 Å². The Labute approximate surface area is 109 Å². The fourth-order valence-electron chi connectivity index (χ4n) is 1.67. The normalized spacial score (nSPS) is 12.2. The van der Waals surface area contributed by atoms with E-state index in [1.165, 1.54) is 15.6 Å². The molecule has 0 amide bonds. The highest BCUT2D eigenvalue weighted by molar-refractivity contribution is 7.10. The van der Waals surface area contributed by atoms with Crippen LogP contribution in [0.3, 0.4) is 0 Å². The quantitative estimate of drug-likeness (QED) is 0.713. The van der Waals surface area contributed by atoms with Crippen LogP contribution in [0, 0.1) is 0 Å². The maximum absolute atomic E-state index is 2.38. The Morgan fingerprint density at radius 3 is 2.47 bits per heavy atom. The second kappa shape index (κ2) is 5.03. The summed E-state index contributed by atoms with van der Waals surface area (Å²) >= 11 is 1.77. The number of hydrogen-bond donors (Lipinski definition) is 0. The summed E-state index contributed by atoms with van der Waals surface area (Å²) in [6.07, 6.45) is 4.39. The van der Waals surface area contributed by atoms with E-state index in [4.69, 9.17) is 0 Å². The second-order valence-corrected chi connectivity index (χ2v) is 11.3. The van der Waals surface area contributed by atoms with E-state index in [-0.39, 0.29) is 0 Å². The molecule has 0 aliphatic heterocycles. The molecule has 17 heavy (non-hydrogen) atoms. The third-order valence-electron chi connectivity index (χ3n) is 2.74. The van der Waals surface area contributed by atoms with Crippen LogP contribution in [0.5, 0.6) is 0 Å². The van der Waals surface area contributed by atoms with Gasteiger partial charge in [-0.2, -0.15) is 0 Å². The molecule has 2 aromatic rings. The first-order chi connectivity index (χ1) is 8.05. The van der Waals surface area contributed by atoms with Crippen molar-refractivity contribution < 1.29 is 0 Å². The van der Waals surface area contributed by atoms with Crippen LogP contribution in [-0.4, -0.2) is 8.07 Å². The van der Waals surface area contributed by atoms with Crippen LogP contribution >= 0.6 is 11.3 Å². The molecule has 2 rings (SSSR count). The Morgan fingerprint density at radius 1 is 1.00 bits per heavy atom. The highest BCUT2D eigenvalue weighted by atomic mass is 32.1. The highest BCUT2D eigenvalue weighted by Gasteiger charge is 2.15. The fourth-order valence-corrected chi connectivity index (χ4v) is 3.49. The third kappa shape index (κ3) is 3.41. The Bertz CT molecular complexity index is 504. The van der Waals surface area contributed by atoms with Crippen molar-refractivity contribution in [3.63, 3.8) is 0 Å². The summed E-state index contributed by atoms with van der Waals surface area (Å²) in [6.45, 7) is 7.15. The average molecular weight is 258 g/mol. The van der Waals surface area contributed by atoms with E-state index >= 15 is 0 Å². The SMILES string of the molecule is C[Si](C)(C)c1cccc(/C=C/c2cccs2)c1. The van der Waals surface area contributed by atoms with Crippen molar-refractivity contribution in [3.8, 4) is 0 Å². The summed E-state index contributed by atoms with van der Waals surface area (Å²) in [5.41, 5.74) is 1.30. The minimum atomic E-state index is -1.19. The number of thiophene rings is 1. The zero-order chi connectivity index (χ0) is 12.3. The van der Waals surface area contributed by atoms with E-state index < -0.39 is 8.07 Å². The predicted octanol–water partition coefficient (Wildman–Crippen LogP) is 4.46. The summed E-state index contributed by atoms with van der Waals surface area (Å²) in [4.78, 5) is 1.31. The van der Waals surface area contributed by atoms with E-state index in [0.717, 1.165) is 0 Å². The molecule has 1 aromatic carbocycles. The third-order valence-corrected chi connectivity index (χ3v) is 5.62. The molecule has 1 heterocycles. The number of hydrogen-bond acceptors (Lipinski definition) is 1. The van der Waals surface area contributed by atoms with Gasteiger partial charge in [-0.1, -0.05) is 61.2 Å². The Kier molecular flexibility index (Phi) is 3.65. The molecule has 0 radical (unpaired) electrons. The lowest BCUT2D eigenvalue weighted by Gasteiger charge is -2.16. The summed E-state index contributed by atoms with van der Waals surface area (Å²) in [6, 6.07) is 13.2. The van der Waals surface area contributed by atoms with Gasteiger partial charge in [0.25, 0.3) is 0 Å². The van der Waals surface area contributed by atoms with E-state index in [0.29, 0.717) is 0 Å². The lowest BCUT2D eigenvalue weighted by molar-refractivity contribution is 1.65. The van der Waals surface area contributed by atoms with E-state index in [2.05, 4.69) is 73.6 Å². The molecule has 0 aliphatic rings. The molecule has 0 nitrogen and oxygen atoms in total. The van der Waals surface area contributed by atoms with Gasteiger partial charge in [-0.05, 0) is 23.1 Å². The molecule has 0 bridgehead atoms. The van der Waals surface area contributed by atoms with Crippen LogP contribution in [-0.2, 0) is 0 Å². The van der Waals surface area contributed by atoms with Crippen LogP contribution in [0.2, 0.25) is 19.6 Å². The molecule has 0 N–H and O–H groups in total. The maximum atomic E-state index is 2.38. The maximum Gasteiger partial charge on any atom is 0.0776 e. The van der Waals surface area contributed by atoms with Crippen molar-refractivity contribution >= 4 is 36.7 Å². The first-order valence-electron chi connectivity index (χ1n) is 5.88. The topological polar surface area (TPSA) is 0 Å². The molecule has 0 unspecified atom stereocenters. The number of benzene rings is 1. The van der Waals surface area contributed by atoms with E-state index in [9.17, 15) is 0 Å². The molecule has 0 fully saturated rings. The van der Waals surface area contributed by atoms with Gasteiger partial charge in [-0.15, -0.1) is 11.3 Å². The van der Waals surface area contributed by atoms with Crippen LogP contribution in [0.4, 0.5) is 0 Å². The fraction of sp³-hybridized carbons (Fsp3) is 0.200. The lowest BCUT2D eigenvalue weighted by Crippen LogP contribution is -2.37. The van der Waals surface area contributed by atoms with Crippen LogP contribution in [0.25, 0.3) is 12.2 Å². The Hall–Kier alpha value is -1.12. The first kappa shape index (κ1) is 12.3. The van der Waals surface area contributed by atoms with Gasteiger partial charge in [0.05, 0.1) is 8.07 Å².